The first-order valence-electron chi connectivity index (χ1n) is 9.51. The van der Waals surface area contributed by atoms with Crippen LogP contribution in [0.4, 0.5) is 10.3 Å². The molecule has 0 bridgehead atoms. The van der Waals surface area contributed by atoms with E-state index in [1.54, 1.807) is 27.7 Å². The fourth-order valence-corrected chi connectivity index (χ4v) is 2.99. The number of hydrogen-bond donors (Lipinski definition) is 1. The van der Waals surface area contributed by atoms with Crippen molar-refractivity contribution < 1.29 is 28.2 Å². The van der Waals surface area contributed by atoms with Crippen LogP contribution in [0.2, 0.25) is 0 Å². The molecule has 31 heavy (non-hydrogen) atoms. The first-order chi connectivity index (χ1) is 14.4. The molecule has 1 aliphatic heterocycles. The lowest BCUT2D eigenvalue weighted by atomic mass is 9.94. The number of nitrogen functional groups attached to an aromatic ring is 1. The molecule has 0 aromatic carbocycles. The van der Waals surface area contributed by atoms with Gasteiger partial charge >= 0.3 is 17.6 Å². The predicted octanol–water partition coefficient (Wildman–Crippen LogP) is 1.18. The Labute approximate surface area is 183 Å². The number of carbonyl (C=O) groups is 2. The largest absolute Gasteiger partial charge is 0.460 e. The first-order valence-corrected chi connectivity index (χ1v) is 9.89. The van der Waals surface area contributed by atoms with Gasteiger partial charge in [0, 0.05) is 5.38 Å². The van der Waals surface area contributed by atoms with Gasteiger partial charge in [-0.1, -0.05) is 27.7 Å². The van der Waals surface area contributed by atoms with E-state index in [0.29, 0.717) is 4.57 Å². The summed E-state index contributed by atoms with van der Waals surface area (Å²) in [7, 11) is 0. The Bertz CT molecular complexity index is 959. The van der Waals surface area contributed by atoms with Gasteiger partial charge in [-0.05, 0) is 24.4 Å². The minimum absolute atomic E-state index is 0.328. The van der Waals surface area contributed by atoms with Gasteiger partial charge in [0.25, 0.3) is 5.67 Å². The zero-order valence-electron chi connectivity index (χ0n) is 17.7. The Morgan fingerprint density at radius 2 is 1.90 bits per heavy atom. The Hall–Kier alpha value is -2.71. The summed E-state index contributed by atoms with van der Waals surface area (Å²) in [6.45, 7) is 7.79. The average Bonchev–Trinajstić information content (AvgIpc) is 2.94. The third kappa shape index (κ3) is 5.14. The number of nitrogens with zero attached hydrogens (tertiary/aromatic N) is 3. The van der Waals surface area contributed by atoms with Crippen molar-refractivity contribution in [3.05, 3.63) is 16.8 Å². The molecule has 0 amide bonds. The Morgan fingerprint density at radius 1 is 1.29 bits per heavy atom. The van der Waals surface area contributed by atoms with E-state index in [-0.39, 0.29) is 5.95 Å². The van der Waals surface area contributed by atoms with Crippen LogP contribution in [0, 0.1) is 23.1 Å². The van der Waals surface area contributed by atoms with Crippen molar-refractivity contribution in [2.75, 3.05) is 5.73 Å². The lowest BCUT2D eigenvalue weighted by Gasteiger charge is -2.29. The molecule has 10 nitrogen and oxygen atoms in total. The molecule has 1 aliphatic rings. The van der Waals surface area contributed by atoms with Crippen LogP contribution in [-0.2, 0) is 23.8 Å². The third-order valence-corrected chi connectivity index (χ3v) is 4.64. The third-order valence-electron chi connectivity index (χ3n) is 4.55. The van der Waals surface area contributed by atoms with Crippen molar-refractivity contribution in [2.24, 2.45) is 11.8 Å². The lowest BCUT2D eigenvalue weighted by Crippen LogP contribution is -2.49. The summed E-state index contributed by atoms with van der Waals surface area (Å²) in [5.41, 5.74) is 1.62. The first kappa shape index (κ1) is 24.6. The fraction of sp³-hybridized carbons (Fsp3) is 0.632. The van der Waals surface area contributed by atoms with Crippen molar-refractivity contribution in [3.63, 3.8) is 0 Å². The van der Waals surface area contributed by atoms with Gasteiger partial charge in [-0.25, -0.2) is 14.2 Å². The van der Waals surface area contributed by atoms with E-state index in [2.05, 4.69) is 15.9 Å². The monoisotopic (exact) mass is 458 g/mol. The molecular weight excluding hydrogens is 435 g/mol. The predicted molar refractivity (Wildman–Crippen MR) is 107 cm³/mol. The summed E-state index contributed by atoms with van der Waals surface area (Å²) in [5.74, 6) is -0.603. The number of aromatic nitrogens is 3. The molecule has 2 rings (SSSR count). The zero-order valence-corrected chi connectivity index (χ0v) is 18.4. The van der Waals surface area contributed by atoms with Gasteiger partial charge in [0.1, 0.15) is 18.5 Å². The van der Waals surface area contributed by atoms with Crippen LogP contribution in [-0.4, -0.2) is 50.5 Å². The topological polar surface area (TPSA) is 136 Å². The van der Waals surface area contributed by atoms with Crippen molar-refractivity contribution in [1.82, 2.24) is 14.5 Å². The van der Waals surface area contributed by atoms with Gasteiger partial charge < -0.3 is 19.9 Å². The van der Waals surface area contributed by atoms with Crippen LogP contribution in [0.15, 0.2) is 11.1 Å². The molecule has 12 heteroatoms. The average molecular weight is 459 g/mol. The van der Waals surface area contributed by atoms with E-state index >= 15 is 4.39 Å². The van der Waals surface area contributed by atoms with Gasteiger partial charge in [0.15, 0.2) is 12.3 Å². The van der Waals surface area contributed by atoms with Crippen LogP contribution in [0.25, 0.3) is 0 Å². The van der Waals surface area contributed by atoms with Crippen molar-refractivity contribution in [1.29, 1.82) is 0 Å². The molecule has 1 aromatic rings. The molecule has 1 saturated heterocycles. The summed E-state index contributed by atoms with van der Waals surface area (Å²) in [4.78, 5) is 43.8. The van der Waals surface area contributed by atoms with Crippen LogP contribution < -0.4 is 11.4 Å². The van der Waals surface area contributed by atoms with E-state index in [1.165, 1.54) is 6.92 Å². The maximum atomic E-state index is 16.3. The number of anilines is 1. The number of rotatable bonds is 6. The van der Waals surface area contributed by atoms with E-state index in [0.717, 1.165) is 6.33 Å². The molecule has 2 heterocycles. The minimum Gasteiger partial charge on any atom is -0.460 e. The van der Waals surface area contributed by atoms with Gasteiger partial charge in [-0.3, -0.25) is 14.2 Å². The number of halogens is 2. The van der Waals surface area contributed by atoms with Gasteiger partial charge in [-0.15, -0.1) is 0 Å². The SMILES string of the molecule is CC(C)C(=O)OC(C)[C@H]1O[C@@H](n2cnc(N)nc2=O)[C@@](F)(C#CCl)[C@@H]1OC(=O)C(C)C. The molecule has 0 radical (unpaired) electrons. The molecule has 2 N–H and O–H groups in total. The van der Waals surface area contributed by atoms with E-state index in [4.69, 9.17) is 31.5 Å². The highest BCUT2D eigenvalue weighted by Crippen LogP contribution is 2.44. The molecule has 170 valence electrons. The Balaban J connectivity index is 2.56. The van der Waals surface area contributed by atoms with Crippen LogP contribution in [0.3, 0.4) is 0 Å². The number of hydrogen-bond acceptors (Lipinski definition) is 9. The zero-order chi connectivity index (χ0) is 23.5. The van der Waals surface area contributed by atoms with E-state index < -0.39 is 59.7 Å². The number of ether oxygens (including phenoxy) is 3. The van der Waals surface area contributed by atoms with Gasteiger partial charge in [0.2, 0.25) is 5.95 Å². The van der Waals surface area contributed by atoms with Crippen LogP contribution >= 0.6 is 11.6 Å². The second-order valence-electron chi connectivity index (χ2n) is 7.65. The summed E-state index contributed by atoms with van der Waals surface area (Å²) < 4.78 is 33.4. The molecule has 1 aromatic heterocycles. The fourth-order valence-electron chi connectivity index (χ4n) is 2.85. The van der Waals surface area contributed by atoms with Crippen LogP contribution in [0.5, 0.6) is 0 Å². The summed E-state index contributed by atoms with van der Waals surface area (Å²) in [6.07, 6.45) is -4.90. The van der Waals surface area contributed by atoms with E-state index in [9.17, 15) is 14.4 Å². The summed E-state index contributed by atoms with van der Waals surface area (Å²) >= 11 is 5.49. The van der Waals surface area contributed by atoms with Crippen molar-refractivity contribution in [3.8, 4) is 11.3 Å². The minimum atomic E-state index is -2.79. The molecule has 1 unspecified atom stereocenters. The number of esters is 2. The standard InChI is InChI=1S/C19H24ClFN4O6/c1-9(2)14(26)29-11(5)12-13(31-15(27)10(3)4)19(21,6-7-20)16(30-12)25-8-23-17(22)24-18(25)28/h8-13,16H,1-5H3,(H2,22,24,28)/t11?,12-,13-,16-,19-/m1/s1. The summed E-state index contributed by atoms with van der Waals surface area (Å²) in [6, 6.07) is 0. The molecule has 0 spiro atoms. The molecule has 0 saturated carbocycles. The Kier molecular flexibility index (Phi) is 7.62. The highest BCUT2D eigenvalue weighted by molar-refractivity contribution is 6.30. The maximum Gasteiger partial charge on any atom is 0.354 e. The second kappa shape index (κ2) is 9.62. The lowest BCUT2D eigenvalue weighted by molar-refractivity contribution is -0.171. The number of carbonyl (C=O) groups excluding carboxylic acids is 2. The molecule has 5 atom stereocenters. The maximum absolute atomic E-state index is 16.3. The van der Waals surface area contributed by atoms with Gasteiger partial charge in [-0.2, -0.15) is 4.98 Å². The normalized spacial score (nSPS) is 26.3. The van der Waals surface area contributed by atoms with Crippen molar-refractivity contribution >= 4 is 29.5 Å². The smallest absolute Gasteiger partial charge is 0.354 e. The van der Waals surface area contributed by atoms with Crippen LogP contribution in [0.1, 0.15) is 40.8 Å². The quantitative estimate of drug-likeness (QED) is 0.492. The van der Waals surface area contributed by atoms with Crippen molar-refractivity contribution in [2.45, 2.75) is 64.8 Å². The van der Waals surface area contributed by atoms with Gasteiger partial charge in [0.05, 0.1) is 11.8 Å². The number of nitrogens with two attached hydrogens (primary N) is 1. The molecule has 0 aliphatic carbocycles. The van der Waals surface area contributed by atoms with E-state index in [1.807, 2.05) is 5.38 Å². The summed E-state index contributed by atoms with van der Waals surface area (Å²) in [5, 5.41) is 1.92. The molecule has 1 fully saturated rings. The second-order valence-corrected chi connectivity index (χ2v) is 7.84. The highest BCUT2D eigenvalue weighted by Gasteiger charge is 2.63. The number of alkyl halides is 1. The highest BCUT2D eigenvalue weighted by atomic mass is 35.5. The molecular formula is C19H24ClFN4O6. The Morgan fingerprint density at radius 3 is 2.42 bits per heavy atom.